The number of carbonyl (C=O) groups excluding carboxylic acids is 1. The predicted molar refractivity (Wildman–Crippen MR) is 94.3 cm³/mol. The Labute approximate surface area is 141 Å². The van der Waals surface area contributed by atoms with E-state index < -0.39 is 6.10 Å². The SMILES string of the molecule is COc1ccc(OC(C=O)c2ccccc2-c2ccccc2)cc1. The van der Waals surface area contributed by atoms with E-state index >= 15 is 0 Å². The molecule has 0 N–H and O–H groups in total. The summed E-state index contributed by atoms with van der Waals surface area (Å²) in [4.78, 5) is 11.7. The Balaban J connectivity index is 1.92. The van der Waals surface area contributed by atoms with Crippen LogP contribution in [0.5, 0.6) is 11.5 Å². The summed E-state index contributed by atoms with van der Waals surface area (Å²) < 4.78 is 11.0. The first-order chi connectivity index (χ1) is 11.8. The molecule has 0 fully saturated rings. The lowest BCUT2D eigenvalue weighted by Gasteiger charge is -2.18. The normalized spacial score (nSPS) is 11.5. The first kappa shape index (κ1) is 15.8. The lowest BCUT2D eigenvalue weighted by molar-refractivity contribution is -0.113. The fourth-order valence-corrected chi connectivity index (χ4v) is 2.59. The minimum Gasteiger partial charge on any atom is -0.497 e. The van der Waals surface area contributed by atoms with Crippen LogP contribution in [0, 0.1) is 0 Å². The fraction of sp³-hybridized carbons (Fsp3) is 0.0952. The summed E-state index contributed by atoms with van der Waals surface area (Å²) in [6.07, 6.45) is 0.154. The van der Waals surface area contributed by atoms with Crippen LogP contribution in [-0.2, 0) is 4.79 Å². The quantitative estimate of drug-likeness (QED) is 0.619. The second kappa shape index (κ2) is 7.47. The molecule has 3 aromatic carbocycles. The van der Waals surface area contributed by atoms with Crippen molar-refractivity contribution in [1.82, 2.24) is 0 Å². The van der Waals surface area contributed by atoms with Gasteiger partial charge in [0.1, 0.15) is 11.5 Å². The molecule has 0 spiro atoms. The van der Waals surface area contributed by atoms with Gasteiger partial charge in [0.2, 0.25) is 0 Å². The Kier molecular flexibility index (Phi) is 4.92. The van der Waals surface area contributed by atoms with Gasteiger partial charge in [0.25, 0.3) is 0 Å². The van der Waals surface area contributed by atoms with Crippen LogP contribution in [0.2, 0.25) is 0 Å². The zero-order valence-corrected chi connectivity index (χ0v) is 13.4. The molecule has 3 heteroatoms. The molecule has 1 unspecified atom stereocenters. The summed E-state index contributed by atoms with van der Waals surface area (Å²) >= 11 is 0. The first-order valence-corrected chi connectivity index (χ1v) is 7.72. The van der Waals surface area contributed by atoms with Crippen molar-refractivity contribution in [3.63, 3.8) is 0 Å². The molecule has 120 valence electrons. The highest BCUT2D eigenvalue weighted by atomic mass is 16.5. The van der Waals surface area contributed by atoms with Gasteiger partial charge in [-0.2, -0.15) is 0 Å². The smallest absolute Gasteiger partial charge is 0.179 e. The molecule has 0 amide bonds. The molecule has 0 radical (unpaired) electrons. The van der Waals surface area contributed by atoms with Crippen molar-refractivity contribution in [2.75, 3.05) is 7.11 Å². The van der Waals surface area contributed by atoms with Crippen molar-refractivity contribution in [3.05, 3.63) is 84.4 Å². The van der Waals surface area contributed by atoms with E-state index in [-0.39, 0.29) is 0 Å². The Morgan fingerprint density at radius 2 is 1.42 bits per heavy atom. The summed E-state index contributed by atoms with van der Waals surface area (Å²) in [6, 6.07) is 25.0. The van der Waals surface area contributed by atoms with Crippen LogP contribution in [-0.4, -0.2) is 13.4 Å². The lowest BCUT2D eigenvalue weighted by Crippen LogP contribution is -2.10. The van der Waals surface area contributed by atoms with E-state index in [4.69, 9.17) is 9.47 Å². The highest BCUT2D eigenvalue weighted by molar-refractivity contribution is 5.73. The van der Waals surface area contributed by atoms with Gasteiger partial charge < -0.3 is 9.47 Å². The van der Waals surface area contributed by atoms with Gasteiger partial charge in [0, 0.05) is 5.56 Å². The molecule has 3 aromatic rings. The van der Waals surface area contributed by atoms with Crippen molar-refractivity contribution >= 4 is 6.29 Å². The van der Waals surface area contributed by atoms with Gasteiger partial charge in [-0.05, 0) is 35.4 Å². The van der Waals surface area contributed by atoms with Gasteiger partial charge >= 0.3 is 0 Å². The molecule has 0 aliphatic heterocycles. The lowest BCUT2D eigenvalue weighted by atomic mass is 9.96. The van der Waals surface area contributed by atoms with Crippen molar-refractivity contribution < 1.29 is 14.3 Å². The molecule has 3 rings (SSSR count). The zero-order valence-electron chi connectivity index (χ0n) is 13.4. The number of hydrogen-bond donors (Lipinski definition) is 0. The topological polar surface area (TPSA) is 35.5 Å². The number of hydrogen-bond acceptors (Lipinski definition) is 3. The van der Waals surface area contributed by atoms with Gasteiger partial charge in [0.15, 0.2) is 12.4 Å². The van der Waals surface area contributed by atoms with Crippen LogP contribution < -0.4 is 9.47 Å². The molecule has 0 bridgehead atoms. The molecule has 0 aliphatic rings. The summed E-state index contributed by atoms with van der Waals surface area (Å²) in [7, 11) is 1.61. The first-order valence-electron chi connectivity index (χ1n) is 7.72. The maximum atomic E-state index is 11.7. The number of aldehydes is 1. The minimum atomic E-state index is -0.671. The molecule has 1 atom stereocenters. The number of methoxy groups -OCH3 is 1. The monoisotopic (exact) mass is 318 g/mol. The van der Waals surface area contributed by atoms with Crippen molar-refractivity contribution in [1.29, 1.82) is 0 Å². The third-order valence-electron chi connectivity index (χ3n) is 3.80. The van der Waals surface area contributed by atoms with E-state index in [1.807, 2.05) is 54.6 Å². The van der Waals surface area contributed by atoms with Gasteiger partial charge in [-0.15, -0.1) is 0 Å². The summed E-state index contributed by atoms with van der Waals surface area (Å²) in [5, 5.41) is 0. The Hall–Kier alpha value is -3.07. The van der Waals surface area contributed by atoms with E-state index in [2.05, 4.69) is 0 Å². The molecule has 0 saturated heterocycles. The highest BCUT2D eigenvalue weighted by Gasteiger charge is 2.17. The van der Waals surface area contributed by atoms with E-state index in [0.29, 0.717) is 5.75 Å². The van der Waals surface area contributed by atoms with Crippen LogP contribution in [0.1, 0.15) is 11.7 Å². The van der Waals surface area contributed by atoms with Crippen LogP contribution in [0.25, 0.3) is 11.1 Å². The standard InChI is InChI=1S/C21H18O3/c1-23-17-11-13-18(14-12-17)24-21(15-22)20-10-6-5-9-19(20)16-7-3-2-4-8-16/h2-15,21H,1H3. The van der Waals surface area contributed by atoms with Gasteiger partial charge in [0.05, 0.1) is 7.11 Å². The number of benzene rings is 3. The molecule has 24 heavy (non-hydrogen) atoms. The number of carbonyl (C=O) groups is 1. The third kappa shape index (κ3) is 3.46. The van der Waals surface area contributed by atoms with E-state index in [9.17, 15) is 4.79 Å². The Bertz CT molecular complexity index is 795. The van der Waals surface area contributed by atoms with Crippen molar-refractivity contribution in [2.45, 2.75) is 6.10 Å². The predicted octanol–water partition coefficient (Wildman–Crippen LogP) is 4.68. The minimum absolute atomic E-state index is 0.621. The second-order valence-electron chi connectivity index (χ2n) is 5.30. The highest BCUT2D eigenvalue weighted by Crippen LogP contribution is 2.30. The second-order valence-corrected chi connectivity index (χ2v) is 5.30. The average molecular weight is 318 g/mol. The molecular formula is C21H18O3. The maximum absolute atomic E-state index is 11.7. The molecule has 3 nitrogen and oxygen atoms in total. The average Bonchev–Trinajstić information content (AvgIpc) is 2.67. The largest absolute Gasteiger partial charge is 0.497 e. The summed E-state index contributed by atoms with van der Waals surface area (Å²) in [5.74, 6) is 1.37. The Morgan fingerprint density at radius 1 is 0.792 bits per heavy atom. The molecular weight excluding hydrogens is 300 g/mol. The van der Waals surface area contributed by atoms with Crippen LogP contribution in [0.15, 0.2) is 78.9 Å². The number of ether oxygens (including phenoxy) is 2. The molecule has 0 aliphatic carbocycles. The number of rotatable bonds is 6. The van der Waals surface area contributed by atoms with E-state index in [1.165, 1.54) is 0 Å². The molecule has 0 heterocycles. The van der Waals surface area contributed by atoms with Gasteiger partial charge in [-0.3, -0.25) is 4.79 Å². The molecule has 0 saturated carbocycles. The van der Waals surface area contributed by atoms with E-state index in [1.54, 1.807) is 31.4 Å². The maximum Gasteiger partial charge on any atom is 0.179 e. The van der Waals surface area contributed by atoms with Crippen LogP contribution in [0.4, 0.5) is 0 Å². The summed E-state index contributed by atoms with van der Waals surface area (Å²) in [6.45, 7) is 0. The molecule has 0 aromatic heterocycles. The third-order valence-corrected chi connectivity index (χ3v) is 3.80. The van der Waals surface area contributed by atoms with Crippen molar-refractivity contribution in [3.8, 4) is 22.6 Å². The van der Waals surface area contributed by atoms with Gasteiger partial charge in [-0.25, -0.2) is 0 Å². The van der Waals surface area contributed by atoms with Crippen molar-refractivity contribution in [2.24, 2.45) is 0 Å². The van der Waals surface area contributed by atoms with E-state index in [0.717, 1.165) is 28.7 Å². The van der Waals surface area contributed by atoms with Crippen LogP contribution >= 0.6 is 0 Å². The fourth-order valence-electron chi connectivity index (χ4n) is 2.59. The summed E-state index contributed by atoms with van der Waals surface area (Å²) in [5.41, 5.74) is 2.89. The van der Waals surface area contributed by atoms with Crippen LogP contribution in [0.3, 0.4) is 0 Å². The Morgan fingerprint density at radius 3 is 2.08 bits per heavy atom. The van der Waals surface area contributed by atoms with Gasteiger partial charge in [-0.1, -0.05) is 54.6 Å². The zero-order chi connectivity index (χ0) is 16.8.